The third-order valence-corrected chi connectivity index (χ3v) is 6.72. The highest BCUT2D eigenvalue weighted by atomic mass is 32.2. The van der Waals surface area contributed by atoms with E-state index in [9.17, 15) is 8.42 Å². The first-order valence-electron chi connectivity index (χ1n) is 7.54. The average Bonchev–Trinajstić information content (AvgIpc) is 3.16. The molecule has 0 amide bonds. The van der Waals surface area contributed by atoms with Crippen LogP contribution in [0.2, 0.25) is 0 Å². The van der Waals surface area contributed by atoms with Crippen molar-refractivity contribution in [2.45, 2.75) is 9.10 Å². The lowest BCUT2D eigenvalue weighted by Gasteiger charge is -2.11. The van der Waals surface area contributed by atoms with E-state index in [1.54, 1.807) is 41.8 Å². The van der Waals surface area contributed by atoms with Crippen molar-refractivity contribution in [2.24, 2.45) is 10.2 Å². The van der Waals surface area contributed by atoms with Crippen LogP contribution in [-0.4, -0.2) is 22.5 Å². The van der Waals surface area contributed by atoms with Gasteiger partial charge in [0.05, 0.1) is 16.3 Å². The van der Waals surface area contributed by atoms with Crippen LogP contribution in [0.5, 0.6) is 0 Å². The lowest BCUT2D eigenvalue weighted by Crippen LogP contribution is -2.07. The zero-order valence-electron chi connectivity index (χ0n) is 13.8. The number of azo groups is 1. The van der Waals surface area contributed by atoms with Gasteiger partial charge >= 0.3 is 0 Å². The van der Waals surface area contributed by atoms with Gasteiger partial charge < -0.3 is 4.90 Å². The second-order valence-electron chi connectivity index (χ2n) is 5.54. The molecule has 128 valence electrons. The van der Waals surface area contributed by atoms with Crippen molar-refractivity contribution in [1.29, 1.82) is 0 Å². The fraction of sp³-hybridized carbons (Fsp3) is 0.111. The molecule has 0 aliphatic heterocycles. The zero-order valence-corrected chi connectivity index (χ0v) is 15.5. The summed E-state index contributed by atoms with van der Waals surface area (Å²) in [5.41, 5.74) is 2.42. The van der Waals surface area contributed by atoms with Crippen LogP contribution in [0, 0.1) is 0 Å². The summed E-state index contributed by atoms with van der Waals surface area (Å²) in [6.07, 6.45) is 0. The molecule has 0 aliphatic carbocycles. The Morgan fingerprint density at radius 3 is 1.88 bits per heavy atom. The molecule has 3 aromatic rings. The Bertz CT molecular complexity index is 960. The van der Waals surface area contributed by atoms with Crippen molar-refractivity contribution in [3.05, 3.63) is 66.0 Å². The summed E-state index contributed by atoms with van der Waals surface area (Å²) in [5.74, 6) is 0. The van der Waals surface area contributed by atoms with Gasteiger partial charge in [-0.2, -0.15) is 10.2 Å². The Balaban J connectivity index is 1.76. The maximum Gasteiger partial charge on any atom is 0.215 e. The van der Waals surface area contributed by atoms with Gasteiger partial charge in [0.1, 0.15) is 4.21 Å². The van der Waals surface area contributed by atoms with E-state index in [0.717, 1.165) is 11.4 Å². The van der Waals surface area contributed by atoms with Crippen LogP contribution in [0.25, 0.3) is 0 Å². The number of benzene rings is 2. The Labute approximate surface area is 151 Å². The summed E-state index contributed by atoms with van der Waals surface area (Å²) in [5, 5.41) is 10.1. The van der Waals surface area contributed by atoms with Gasteiger partial charge in [0.2, 0.25) is 9.84 Å². The van der Waals surface area contributed by atoms with Crippen LogP contribution in [0.3, 0.4) is 0 Å². The molecule has 1 aromatic heterocycles. The fourth-order valence-corrected chi connectivity index (χ4v) is 4.55. The second-order valence-corrected chi connectivity index (χ2v) is 8.66. The van der Waals surface area contributed by atoms with Crippen LogP contribution >= 0.6 is 11.3 Å². The molecule has 7 heteroatoms. The average molecular weight is 371 g/mol. The molecule has 0 N–H and O–H groups in total. The lowest BCUT2D eigenvalue weighted by molar-refractivity contribution is 0.598. The van der Waals surface area contributed by atoms with E-state index in [0.29, 0.717) is 9.90 Å². The molecule has 0 spiro atoms. The molecule has 1 heterocycles. The highest BCUT2D eigenvalue weighted by Gasteiger charge is 2.18. The number of thiophene rings is 1. The summed E-state index contributed by atoms with van der Waals surface area (Å²) >= 11 is 1.21. The number of hydrogen-bond donors (Lipinski definition) is 0. The van der Waals surface area contributed by atoms with Gasteiger partial charge in [-0.05, 0) is 60.0 Å². The molecule has 0 bridgehead atoms. The molecule has 3 rings (SSSR count). The minimum atomic E-state index is -3.45. The highest BCUT2D eigenvalue weighted by Crippen LogP contribution is 2.27. The van der Waals surface area contributed by atoms with Crippen molar-refractivity contribution in [3.8, 4) is 0 Å². The molecule has 5 nitrogen and oxygen atoms in total. The minimum Gasteiger partial charge on any atom is -0.378 e. The molecule has 0 aliphatic rings. The van der Waals surface area contributed by atoms with E-state index in [2.05, 4.69) is 10.2 Å². The highest BCUT2D eigenvalue weighted by molar-refractivity contribution is 7.93. The molecule has 0 saturated carbocycles. The molecule has 2 aromatic carbocycles. The van der Waals surface area contributed by atoms with E-state index in [1.165, 1.54) is 11.3 Å². The Hall–Kier alpha value is -2.51. The van der Waals surface area contributed by atoms with Crippen LogP contribution in [0.4, 0.5) is 17.1 Å². The van der Waals surface area contributed by atoms with Gasteiger partial charge in [0, 0.05) is 19.8 Å². The van der Waals surface area contributed by atoms with Gasteiger partial charge in [-0.3, -0.25) is 0 Å². The fourth-order valence-electron chi connectivity index (χ4n) is 2.16. The van der Waals surface area contributed by atoms with Gasteiger partial charge in [0.15, 0.2) is 0 Å². The maximum atomic E-state index is 12.4. The van der Waals surface area contributed by atoms with Gasteiger partial charge in [-0.1, -0.05) is 6.07 Å². The first-order chi connectivity index (χ1) is 12.0. The van der Waals surface area contributed by atoms with Crippen LogP contribution in [0.1, 0.15) is 0 Å². The number of nitrogens with zero attached hydrogens (tertiary/aromatic N) is 3. The summed E-state index contributed by atoms with van der Waals surface area (Å²) in [4.78, 5) is 2.26. The van der Waals surface area contributed by atoms with Crippen molar-refractivity contribution in [3.63, 3.8) is 0 Å². The first-order valence-corrected chi connectivity index (χ1v) is 9.91. The normalized spacial score (nSPS) is 11.8. The minimum absolute atomic E-state index is 0.254. The Morgan fingerprint density at radius 2 is 1.40 bits per heavy atom. The van der Waals surface area contributed by atoms with Crippen molar-refractivity contribution < 1.29 is 8.42 Å². The predicted octanol–water partition coefficient (Wildman–Crippen LogP) is 5.06. The van der Waals surface area contributed by atoms with Gasteiger partial charge in [0.25, 0.3) is 0 Å². The number of anilines is 1. The summed E-state index contributed by atoms with van der Waals surface area (Å²) in [7, 11) is 0.498. The third-order valence-electron chi connectivity index (χ3n) is 3.55. The first kappa shape index (κ1) is 17.3. The number of hydrogen-bond acceptors (Lipinski definition) is 6. The van der Waals surface area contributed by atoms with E-state index in [1.807, 2.05) is 43.3 Å². The third kappa shape index (κ3) is 3.94. The summed E-state index contributed by atoms with van der Waals surface area (Å²) in [6, 6.07) is 17.4. The largest absolute Gasteiger partial charge is 0.378 e. The predicted molar refractivity (Wildman–Crippen MR) is 101 cm³/mol. The van der Waals surface area contributed by atoms with E-state index < -0.39 is 9.84 Å². The van der Waals surface area contributed by atoms with Gasteiger partial charge in [-0.15, -0.1) is 11.3 Å². The van der Waals surface area contributed by atoms with Crippen molar-refractivity contribution in [2.75, 3.05) is 19.0 Å². The van der Waals surface area contributed by atoms with Crippen LogP contribution < -0.4 is 4.90 Å². The Kier molecular flexibility index (Phi) is 4.96. The SMILES string of the molecule is CN(C)c1ccc(N=Nc2ccc(S(=O)(=O)c3cccs3)cc2)cc1. The Morgan fingerprint density at radius 1 is 0.840 bits per heavy atom. The summed E-state index contributed by atoms with van der Waals surface area (Å²) < 4.78 is 25.2. The molecule has 0 fully saturated rings. The number of sulfone groups is 1. The van der Waals surface area contributed by atoms with Crippen molar-refractivity contribution >= 4 is 38.2 Å². The van der Waals surface area contributed by atoms with E-state index in [-0.39, 0.29) is 4.90 Å². The van der Waals surface area contributed by atoms with Crippen LogP contribution in [-0.2, 0) is 9.84 Å². The molecular formula is C18H17N3O2S2. The molecule has 0 saturated heterocycles. The molecule has 0 radical (unpaired) electrons. The quantitative estimate of drug-likeness (QED) is 0.589. The van der Waals surface area contributed by atoms with E-state index in [4.69, 9.17) is 0 Å². The smallest absolute Gasteiger partial charge is 0.215 e. The molecule has 25 heavy (non-hydrogen) atoms. The van der Waals surface area contributed by atoms with Gasteiger partial charge in [-0.25, -0.2) is 8.42 Å². The monoisotopic (exact) mass is 371 g/mol. The second kappa shape index (κ2) is 7.16. The summed E-state index contributed by atoms with van der Waals surface area (Å²) in [6.45, 7) is 0. The lowest BCUT2D eigenvalue weighted by atomic mass is 10.3. The van der Waals surface area contributed by atoms with Crippen LogP contribution in [0.15, 0.2) is 85.4 Å². The number of rotatable bonds is 5. The molecule has 0 atom stereocenters. The van der Waals surface area contributed by atoms with E-state index >= 15 is 0 Å². The topological polar surface area (TPSA) is 62.1 Å². The standard InChI is InChI=1S/C18H17N3O2S2/c1-21(2)16-9-5-14(6-10-16)19-20-15-7-11-17(12-8-15)25(22,23)18-4-3-13-24-18/h3-13H,1-2H3. The zero-order chi connectivity index (χ0) is 17.9. The van der Waals surface area contributed by atoms with Crippen molar-refractivity contribution in [1.82, 2.24) is 0 Å². The molecular weight excluding hydrogens is 354 g/mol. The maximum absolute atomic E-state index is 12.4. The molecule has 0 unspecified atom stereocenters.